The standard InChI is InChI=1S/C15H24N4O3S/c1-4-8-23(21,22)19-7-5-6-14(19)15-13(10-17-12(3)20)9-16-11(2)18-15/h9,14H,4-8,10H2,1-3H3,(H,17,20). The van der Waals surface area contributed by atoms with E-state index in [1.165, 1.54) is 6.92 Å². The number of hydrogen-bond donors (Lipinski definition) is 1. The van der Waals surface area contributed by atoms with Crippen molar-refractivity contribution in [1.82, 2.24) is 19.6 Å². The molecule has 1 fully saturated rings. The molecule has 0 saturated carbocycles. The minimum absolute atomic E-state index is 0.140. The van der Waals surface area contributed by atoms with Gasteiger partial charge in [-0.25, -0.2) is 18.4 Å². The molecule has 1 aromatic heterocycles. The third-order valence-corrected chi connectivity index (χ3v) is 5.96. The maximum Gasteiger partial charge on any atom is 0.217 e. The molecule has 0 radical (unpaired) electrons. The van der Waals surface area contributed by atoms with Crippen LogP contribution in [-0.2, 0) is 21.4 Å². The van der Waals surface area contributed by atoms with Crippen molar-refractivity contribution in [3.63, 3.8) is 0 Å². The van der Waals surface area contributed by atoms with Gasteiger partial charge < -0.3 is 5.32 Å². The van der Waals surface area contributed by atoms with Gasteiger partial charge in [-0.05, 0) is 26.2 Å². The van der Waals surface area contributed by atoms with Crippen molar-refractivity contribution >= 4 is 15.9 Å². The van der Waals surface area contributed by atoms with Crippen molar-refractivity contribution in [1.29, 1.82) is 0 Å². The summed E-state index contributed by atoms with van der Waals surface area (Å²) >= 11 is 0. The van der Waals surface area contributed by atoms with E-state index in [4.69, 9.17) is 0 Å². The van der Waals surface area contributed by atoms with E-state index in [0.717, 1.165) is 18.4 Å². The molecule has 0 aromatic carbocycles. The molecule has 1 atom stereocenters. The lowest BCUT2D eigenvalue weighted by molar-refractivity contribution is -0.119. The maximum atomic E-state index is 12.5. The number of aryl methyl sites for hydroxylation is 1. The number of nitrogens with one attached hydrogen (secondary N) is 1. The highest BCUT2D eigenvalue weighted by Gasteiger charge is 2.36. The summed E-state index contributed by atoms with van der Waals surface area (Å²) in [5.74, 6) is 0.610. The summed E-state index contributed by atoms with van der Waals surface area (Å²) in [6.45, 7) is 5.92. The summed E-state index contributed by atoms with van der Waals surface area (Å²) in [6.07, 6.45) is 3.83. The van der Waals surface area contributed by atoms with Crippen LogP contribution in [0.15, 0.2) is 6.20 Å². The minimum Gasteiger partial charge on any atom is -0.352 e. The van der Waals surface area contributed by atoms with Crippen LogP contribution >= 0.6 is 0 Å². The van der Waals surface area contributed by atoms with Crippen LogP contribution in [0.25, 0.3) is 0 Å². The Bertz CT molecular complexity index is 675. The van der Waals surface area contributed by atoms with Crippen molar-refractivity contribution in [2.24, 2.45) is 0 Å². The molecule has 2 heterocycles. The van der Waals surface area contributed by atoms with Crippen LogP contribution in [-0.4, -0.2) is 40.9 Å². The first kappa shape index (κ1) is 17.8. The fraction of sp³-hybridized carbons (Fsp3) is 0.667. The van der Waals surface area contributed by atoms with E-state index in [1.54, 1.807) is 17.4 Å². The molecule has 23 heavy (non-hydrogen) atoms. The fourth-order valence-electron chi connectivity index (χ4n) is 2.88. The van der Waals surface area contributed by atoms with Crippen molar-refractivity contribution in [3.8, 4) is 0 Å². The zero-order valence-corrected chi connectivity index (χ0v) is 14.7. The lowest BCUT2D eigenvalue weighted by Gasteiger charge is -2.25. The van der Waals surface area contributed by atoms with E-state index in [0.29, 0.717) is 31.0 Å². The molecule has 8 heteroatoms. The predicted molar refractivity (Wildman–Crippen MR) is 87.0 cm³/mol. The molecule has 1 saturated heterocycles. The first-order valence-corrected chi connectivity index (χ1v) is 9.52. The second-order valence-electron chi connectivity index (χ2n) is 5.82. The number of amides is 1. The normalized spacial score (nSPS) is 19.0. The minimum atomic E-state index is -3.28. The molecule has 0 bridgehead atoms. The van der Waals surface area contributed by atoms with Crippen LogP contribution in [0.2, 0.25) is 0 Å². The molecule has 1 unspecified atom stereocenters. The van der Waals surface area contributed by atoms with Gasteiger partial charge in [0.05, 0.1) is 17.5 Å². The van der Waals surface area contributed by atoms with E-state index in [9.17, 15) is 13.2 Å². The third kappa shape index (κ3) is 4.26. The van der Waals surface area contributed by atoms with Gasteiger partial charge in [0.1, 0.15) is 5.82 Å². The Labute approximate surface area is 137 Å². The zero-order valence-electron chi connectivity index (χ0n) is 13.9. The first-order chi connectivity index (χ1) is 10.8. The molecular formula is C15H24N4O3S. The highest BCUT2D eigenvalue weighted by atomic mass is 32.2. The lowest BCUT2D eigenvalue weighted by Crippen LogP contribution is -2.34. The Morgan fingerprint density at radius 2 is 2.22 bits per heavy atom. The number of rotatable bonds is 6. The largest absolute Gasteiger partial charge is 0.352 e. The fourth-order valence-corrected chi connectivity index (χ4v) is 4.63. The summed E-state index contributed by atoms with van der Waals surface area (Å²) in [5, 5.41) is 2.74. The van der Waals surface area contributed by atoms with Gasteiger partial charge in [0.2, 0.25) is 15.9 Å². The molecule has 1 N–H and O–H groups in total. The number of carbonyl (C=O) groups is 1. The second-order valence-corrected chi connectivity index (χ2v) is 7.86. The Hall–Kier alpha value is -1.54. The van der Waals surface area contributed by atoms with Crippen molar-refractivity contribution < 1.29 is 13.2 Å². The molecule has 128 valence electrons. The summed E-state index contributed by atoms with van der Waals surface area (Å²) in [4.78, 5) is 19.8. The quantitative estimate of drug-likeness (QED) is 0.842. The Morgan fingerprint density at radius 3 is 2.87 bits per heavy atom. The van der Waals surface area contributed by atoms with Crippen LogP contribution < -0.4 is 5.32 Å². The Morgan fingerprint density at radius 1 is 1.48 bits per heavy atom. The lowest BCUT2D eigenvalue weighted by atomic mass is 10.1. The van der Waals surface area contributed by atoms with E-state index >= 15 is 0 Å². The van der Waals surface area contributed by atoms with Crippen LogP contribution in [0.4, 0.5) is 0 Å². The van der Waals surface area contributed by atoms with Crippen LogP contribution in [0.5, 0.6) is 0 Å². The Kier molecular flexibility index (Phi) is 5.69. The predicted octanol–water partition coefficient (Wildman–Crippen LogP) is 1.30. The molecule has 1 aliphatic rings. The highest BCUT2D eigenvalue weighted by molar-refractivity contribution is 7.89. The van der Waals surface area contributed by atoms with Gasteiger partial charge >= 0.3 is 0 Å². The summed E-state index contributed by atoms with van der Waals surface area (Å²) < 4.78 is 26.5. The van der Waals surface area contributed by atoms with Crippen LogP contribution in [0, 0.1) is 6.92 Å². The average Bonchev–Trinajstić information content (AvgIpc) is 2.95. The summed E-state index contributed by atoms with van der Waals surface area (Å²) in [6, 6.07) is -0.267. The highest BCUT2D eigenvalue weighted by Crippen LogP contribution is 2.35. The molecule has 2 rings (SSSR count). The summed E-state index contributed by atoms with van der Waals surface area (Å²) in [5.41, 5.74) is 1.48. The number of aromatic nitrogens is 2. The van der Waals surface area contributed by atoms with Gasteiger partial charge in [-0.2, -0.15) is 4.31 Å². The smallest absolute Gasteiger partial charge is 0.217 e. The SMILES string of the molecule is CCCS(=O)(=O)N1CCCC1c1nc(C)ncc1CNC(C)=O. The maximum absolute atomic E-state index is 12.5. The van der Waals surface area contributed by atoms with Gasteiger partial charge in [0.25, 0.3) is 0 Å². The first-order valence-electron chi connectivity index (χ1n) is 7.91. The van der Waals surface area contributed by atoms with Gasteiger partial charge in [-0.15, -0.1) is 0 Å². The molecule has 0 aliphatic carbocycles. The monoisotopic (exact) mass is 340 g/mol. The van der Waals surface area contributed by atoms with Crippen molar-refractivity contribution in [3.05, 3.63) is 23.3 Å². The number of carbonyl (C=O) groups excluding carboxylic acids is 1. The summed E-state index contributed by atoms with van der Waals surface area (Å²) in [7, 11) is -3.28. The number of hydrogen-bond acceptors (Lipinski definition) is 5. The van der Waals surface area contributed by atoms with Gasteiger partial charge in [0.15, 0.2) is 0 Å². The second kappa shape index (κ2) is 7.35. The molecule has 1 aromatic rings. The molecule has 1 amide bonds. The topological polar surface area (TPSA) is 92.3 Å². The van der Waals surface area contributed by atoms with Crippen molar-refractivity contribution in [2.45, 2.75) is 52.6 Å². The van der Waals surface area contributed by atoms with Crippen molar-refractivity contribution in [2.75, 3.05) is 12.3 Å². The van der Waals surface area contributed by atoms with Gasteiger partial charge in [-0.3, -0.25) is 4.79 Å². The van der Waals surface area contributed by atoms with Crippen LogP contribution in [0.3, 0.4) is 0 Å². The van der Waals surface area contributed by atoms with E-state index in [1.807, 2.05) is 6.92 Å². The number of nitrogens with zero attached hydrogens (tertiary/aromatic N) is 3. The molecule has 1 aliphatic heterocycles. The van der Waals surface area contributed by atoms with E-state index < -0.39 is 10.0 Å². The Balaban J connectivity index is 2.35. The molecular weight excluding hydrogens is 316 g/mol. The van der Waals surface area contributed by atoms with Crippen LogP contribution in [0.1, 0.15) is 56.2 Å². The van der Waals surface area contributed by atoms with Gasteiger partial charge in [0, 0.05) is 31.8 Å². The number of sulfonamides is 1. The van der Waals surface area contributed by atoms with Gasteiger partial charge in [-0.1, -0.05) is 6.92 Å². The molecule has 7 nitrogen and oxygen atoms in total. The van der Waals surface area contributed by atoms with E-state index in [2.05, 4.69) is 15.3 Å². The molecule has 0 spiro atoms. The zero-order chi connectivity index (χ0) is 17.0. The third-order valence-electron chi connectivity index (χ3n) is 3.88. The van der Waals surface area contributed by atoms with E-state index in [-0.39, 0.29) is 17.7 Å². The average molecular weight is 340 g/mol.